The molecule has 1 saturated heterocycles. The van der Waals surface area contributed by atoms with E-state index in [0.29, 0.717) is 43.5 Å². The minimum atomic E-state index is -3.60. The Kier molecular flexibility index (Phi) is 6.64. The lowest BCUT2D eigenvalue weighted by molar-refractivity contribution is 0.181. The first-order valence-electron chi connectivity index (χ1n) is 9.94. The summed E-state index contributed by atoms with van der Waals surface area (Å²) in [5.41, 5.74) is 2.86. The zero-order valence-corrected chi connectivity index (χ0v) is 19.8. The van der Waals surface area contributed by atoms with Crippen LogP contribution in [0.3, 0.4) is 0 Å². The number of aromatic nitrogens is 1. The summed E-state index contributed by atoms with van der Waals surface area (Å²) in [7, 11) is -2.11. The zero-order chi connectivity index (χ0) is 22.0. The van der Waals surface area contributed by atoms with Gasteiger partial charge in [0.05, 0.1) is 19.3 Å². The summed E-state index contributed by atoms with van der Waals surface area (Å²) in [6, 6.07) is 12.9. The van der Waals surface area contributed by atoms with E-state index in [1.54, 1.807) is 27.8 Å². The Bertz CT molecular complexity index is 1150. The number of halogens is 1. The molecule has 1 aliphatic rings. The molecule has 0 saturated carbocycles. The van der Waals surface area contributed by atoms with Crippen LogP contribution in [0.25, 0.3) is 11.3 Å². The molecular formula is C22H24ClN3O3S2. The van der Waals surface area contributed by atoms with Gasteiger partial charge in [-0.2, -0.15) is 4.31 Å². The molecule has 9 heteroatoms. The second kappa shape index (κ2) is 9.26. The van der Waals surface area contributed by atoms with Gasteiger partial charge in [-0.1, -0.05) is 29.8 Å². The Balaban J connectivity index is 1.40. The number of aryl methyl sites for hydroxylation is 1. The summed E-state index contributed by atoms with van der Waals surface area (Å²) in [5, 5.41) is 3.76. The van der Waals surface area contributed by atoms with Gasteiger partial charge >= 0.3 is 0 Å². The van der Waals surface area contributed by atoms with Crippen molar-refractivity contribution in [2.45, 2.75) is 18.4 Å². The molecule has 6 nitrogen and oxygen atoms in total. The van der Waals surface area contributed by atoms with Gasteiger partial charge in [0.25, 0.3) is 0 Å². The Hall–Kier alpha value is -1.97. The van der Waals surface area contributed by atoms with E-state index >= 15 is 0 Å². The standard InChI is InChI=1S/C22H24ClN3O3S2/c1-16-3-8-20(29-2)21(13-16)31(27,28)26-11-9-25(10-12-26)14-22-24-19(15-30-22)17-4-6-18(23)7-5-17/h3-8,13,15H,9-12,14H2,1-2H3. The molecule has 1 aliphatic heterocycles. The van der Waals surface area contributed by atoms with Crippen LogP contribution < -0.4 is 4.74 Å². The van der Waals surface area contributed by atoms with Gasteiger partial charge < -0.3 is 4.74 Å². The second-order valence-electron chi connectivity index (χ2n) is 7.47. The van der Waals surface area contributed by atoms with E-state index in [1.807, 2.05) is 42.6 Å². The molecule has 164 valence electrons. The molecule has 0 bridgehead atoms. The maximum atomic E-state index is 13.2. The van der Waals surface area contributed by atoms with Crippen LogP contribution >= 0.6 is 22.9 Å². The normalized spacial score (nSPS) is 15.8. The minimum absolute atomic E-state index is 0.232. The van der Waals surface area contributed by atoms with Crippen molar-refractivity contribution >= 4 is 33.0 Å². The van der Waals surface area contributed by atoms with Gasteiger partial charge in [0.2, 0.25) is 10.0 Å². The topological polar surface area (TPSA) is 62.7 Å². The Morgan fingerprint density at radius 3 is 2.48 bits per heavy atom. The van der Waals surface area contributed by atoms with Crippen LogP contribution in [0.5, 0.6) is 5.75 Å². The SMILES string of the molecule is COc1ccc(C)cc1S(=O)(=O)N1CCN(Cc2nc(-c3ccc(Cl)cc3)cs2)CC1. The van der Waals surface area contributed by atoms with Gasteiger partial charge in [-0.3, -0.25) is 4.90 Å². The molecule has 1 fully saturated rings. The highest BCUT2D eigenvalue weighted by molar-refractivity contribution is 7.89. The molecule has 0 radical (unpaired) electrons. The van der Waals surface area contributed by atoms with Crippen LogP contribution in [0.15, 0.2) is 52.7 Å². The highest BCUT2D eigenvalue weighted by Gasteiger charge is 2.31. The van der Waals surface area contributed by atoms with Crippen LogP contribution in [0.1, 0.15) is 10.6 Å². The molecule has 1 aromatic heterocycles. The Labute approximate surface area is 192 Å². The average Bonchev–Trinajstić information content (AvgIpc) is 3.23. The molecule has 0 atom stereocenters. The van der Waals surface area contributed by atoms with E-state index in [-0.39, 0.29) is 4.90 Å². The molecule has 0 N–H and O–H groups in total. The lowest BCUT2D eigenvalue weighted by atomic mass is 10.2. The third kappa shape index (κ3) is 4.94. The van der Waals surface area contributed by atoms with Gasteiger partial charge in [-0.05, 0) is 36.8 Å². The largest absolute Gasteiger partial charge is 0.495 e. The van der Waals surface area contributed by atoms with E-state index in [2.05, 4.69) is 4.90 Å². The Morgan fingerprint density at radius 2 is 1.81 bits per heavy atom. The van der Waals surface area contributed by atoms with Crippen LogP contribution in [0.4, 0.5) is 0 Å². The van der Waals surface area contributed by atoms with Gasteiger partial charge in [0.15, 0.2) is 0 Å². The fraction of sp³-hybridized carbons (Fsp3) is 0.318. The van der Waals surface area contributed by atoms with Crippen LogP contribution in [0, 0.1) is 6.92 Å². The van der Waals surface area contributed by atoms with Crippen molar-refractivity contribution in [2.75, 3.05) is 33.3 Å². The van der Waals surface area contributed by atoms with Gasteiger partial charge in [-0.15, -0.1) is 11.3 Å². The lowest BCUT2D eigenvalue weighted by Gasteiger charge is -2.33. The summed E-state index contributed by atoms with van der Waals surface area (Å²) in [5.74, 6) is 0.380. The molecule has 31 heavy (non-hydrogen) atoms. The Morgan fingerprint density at radius 1 is 1.10 bits per heavy atom. The summed E-state index contributed by atoms with van der Waals surface area (Å²) in [4.78, 5) is 7.21. The highest BCUT2D eigenvalue weighted by atomic mass is 35.5. The highest BCUT2D eigenvalue weighted by Crippen LogP contribution is 2.29. The van der Waals surface area contributed by atoms with Crippen LogP contribution in [0.2, 0.25) is 5.02 Å². The lowest BCUT2D eigenvalue weighted by Crippen LogP contribution is -2.48. The third-order valence-electron chi connectivity index (χ3n) is 5.32. The maximum absolute atomic E-state index is 13.2. The number of ether oxygens (including phenoxy) is 1. The number of piperazine rings is 1. The number of benzene rings is 2. The molecule has 3 aromatic rings. The summed E-state index contributed by atoms with van der Waals surface area (Å²) in [6.07, 6.45) is 0. The smallest absolute Gasteiger partial charge is 0.246 e. The van der Waals surface area contributed by atoms with Gasteiger partial charge in [0.1, 0.15) is 15.7 Å². The molecule has 0 amide bonds. The maximum Gasteiger partial charge on any atom is 0.246 e. The van der Waals surface area contributed by atoms with E-state index in [9.17, 15) is 8.42 Å². The quantitative estimate of drug-likeness (QED) is 0.530. The molecule has 0 unspecified atom stereocenters. The van der Waals surface area contributed by atoms with E-state index in [0.717, 1.165) is 21.8 Å². The van der Waals surface area contributed by atoms with Crippen molar-refractivity contribution in [3.8, 4) is 17.0 Å². The number of thiazole rings is 1. The van der Waals surface area contributed by atoms with Crippen molar-refractivity contribution in [2.24, 2.45) is 0 Å². The number of hydrogen-bond donors (Lipinski definition) is 0. The number of nitrogens with zero attached hydrogens (tertiary/aromatic N) is 3. The molecule has 2 heterocycles. The summed E-state index contributed by atoms with van der Waals surface area (Å²) >= 11 is 7.58. The first kappa shape index (κ1) is 22.2. The molecule has 0 spiro atoms. The fourth-order valence-electron chi connectivity index (χ4n) is 3.58. The number of sulfonamides is 1. The zero-order valence-electron chi connectivity index (χ0n) is 17.4. The van der Waals surface area contributed by atoms with Gasteiger partial charge in [0, 0.05) is 42.1 Å². The van der Waals surface area contributed by atoms with Crippen molar-refractivity contribution < 1.29 is 13.2 Å². The number of rotatable bonds is 6. The summed E-state index contributed by atoms with van der Waals surface area (Å²) in [6.45, 7) is 4.78. The third-order valence-corrected chi connectivity index (χ3v) is 8.32. The predicted octanol–water partition coefficient (Wildman–Crippen LogP) is 4.29. The van der Waals surface area contributed by atoms with Crippen molar-refractivity contribution in [1.82, 2.24) is 14.2 Å². The van der Waals surface area contributed by atoms with Crippen molar-refractivity contribution in [3.05, 3.63) is 63.4 Å². The monoisotopic (exact) mass is 477 g/mol. The minimum Gasteiger partial charge on any atom is -0.495 e. The fourth-order valence-corrected chi connectivity index (χ4v) is 6.21. The van der Waals surface area contributed by atoms with Crippen molar-refractivity contribution in [1.29, 1.82) is 0 Å². The van der Waals surface area contributed by atoms with Crippen LogP contribution in [-0.2, 0) is 16.6 Å². The molecular weight excluding hydrogens is 454 g/mol. The van der Waals surface area contributed by atoms with Crippen LogP contribution in [-0.4, -0.2) is 55.9 Å². The first-order chi connectivity index (χ1) is 14.9. The second-order valence-corrected chi connectivity index (χ2v) is 10.8. The molecule has 2 aromatic carbocycles. The van der Waals surface area contributed by atoms with Gasteiger partial charge in [-0.25, -0.2) is 13.4 Å². The van der Waals surface area contributed by atoms with E-state index in [1.165, 1.54) is 7.11 Å². The first-order valence-corrected chi connectivity index (χ1v) is 12.6. The van der Waals surface area contributed by atoms with Crippen molar-refractivity contribution in [3.63, 3.8) is 0 Å². The molecule has 4 rings (SSSR count). The number of methoxy groups -OCH3 is 1. The van der Waals surface area contributed by atoms with E-state index < -0.39 is 10.0 Å². The average molecular weight is 478 g/mol. The summed E-state index contributed by atoms with van der Waals surface area (Å²) < 4.78 is 33.2. The predicted molar refractivity (Wildman–Crippen MR) is 124 cm³/mol. The molecule has 0 aliphatic carbocycles. The number of hydrogen-bond acceptors (Lipinski definition) is 6. The van der Waals surface area contributed by atoms with E-state index in [4.69, 9.17) is 21.3 Å².